The molecule has 0 unspecified atom stereocenters. The van der Waals surface area contributed by atoms with Crippen molar-refractivity contribution in [2.75, 3.05) is 26.2 Å². The maximum absolute atomic E-state index is 12.5. The largest absolute Gasteiger partial charge is 0.340 e. The van der Waals surface area contributed by atoms with Crippen molar-refractivity contribution < 1.29 is 4.79 Å². The van der Waals surface area contributed by atoms with E-state index in [4.69, 9.17) is 0 Å². The van der Waals surface area contributed by atoms with Crippen LogP contribution in [0.3, 0.4) is 0 Å². The lowest BCUT2D eigenvalue weighted by Crippen LogP contribution is -2.48. The second kappa shape index (κ2) is 7.75. The summed E-state index contributed by atoms with van der Waals surface area (Å²) in [5.74, 6) is 0.219. The number of hydrogen-bond donors (Lipinski definition) is 0. The first kappa shape index (κ1) is 16.2. The van der Waals surface area contributed by atoms with Crippen LogP contribution in [0.2, 0.25) is 0 Å². The van der Waals surface area contributed by atoms with Gasteiger partial charge in [0, 0.05) is 37.2 Å². The summed E-state index contributed by atoms with van der Waals surface area (Å²) in [4.78, 5) is 16.9. The minimum atomic E-state index is 0.219. The quantitative estimate of drug-likeness (QED) is 0.821. The highest BCUT2D eigenvalue weighted by molar-refractivity contribution is 9.10. The Morgan fingerprint density at radius 2 is 1.57 bits per heavy atom. The fourth-order valence-corrected chi connectivity index (χ4v) is 3.34. The van der Waals surface area contributed by atoms with Crippen LogP contribution in [0.1, 0.15) is 11.1 Å². The lowest BCUT2D eigenvalue weighted by molar-refractivity contribution is -0.132. The molecule has 0 bridgehead atoms. The van der Waals surface area contributed by atoms with Crippen LogP contribution in [-0.4, -0.2) is 41.9 Å². The summed E-state index contributed by atoms with van der Waals surface area (Å²) < 4.78 is 1.01. The first-order valence-corrected chi connectivity index (χ1v) is 8.79. The summed E-state index contributed by atoms with van der Waals surface area (Å²) in [5, 5.41) is 0. The first-order chi connectivity index (χ1) is 11.2. The summed E-state index contributed by atoms with van der Waals surface area (Å²) in [6.45, 7) is 4.48. The standard InChI is InChI=1S/C19H21BrN2O/c20-18-9-5-4-8-17(18)14-19(23)22-12-10-21(11-13-22)15-16-6-2-1-3-7-16/h1-9H,10-15H2. The lowest BCUT2D eigenvalue weighted by atomic mass is 10.1. The molecule has 2 aromatic rings. The van der Waals surface area contributed by atoms with E-state index in [0.717, 1.165) is 42.8 Å². The van der Waals surface area contributed by atoms with Gasteiger partial charge in [-0.2, -0.15) is 0 Å². The molecule has 1 saturated heterocycles. The summed E-state index contributed by atoms with van der Waals surface area (Å²) in [5.41, 5.74) is 2.39. The Labute approximate surface area is 146 Å². The zero-order chi connectivity index (χ0) is 16.1. The molecule has 1 aliphatic heterocycles. The fraction of sp³-hybridized carbons (Fsp3) is 0.316. The molecule has 3 nitrogen and oxygen atoms in total. The Morgan fingerprint density at radius 3 is 2.26 bits per heavy atom. The Morgan fingerprint density at radius 1 is 0.913 bits per heavy atom. The number of carbonyl (C=O) groups excluding carboxylic acids is 1. The zero-order valence-corrected chi connectivity index (χ0v) is 14.7. The number of carbonyl (C=O) groups is 1. The molecule has 1 heterocycles. The lowest BCUT2D eigenvalue weighted by Gasteiger charge is -2.35. The van der Waals surface area contributed by atoms with Gasteiger partial charge in [0.1, 0.15) is 0 Å². The summed E-state index contributed by atoms with van der Waals surface area (Å²) >= 11 is 3.52. The van der Waals surface area contributed by atoms with Crippen molar-refractivity contribution in [2.45, 2.75) is 13.0 Å². The molecule has 0 spiro atoms. The number of piperazine rings is 1. The Bertz CT molecular complexity index is 651. The van der Waals surface area contributed by atoms with Crippen LogP contribution in [0.25, 0.3) is 0 Å². The summed E-state index contributed by atoms with van der Waals surface area (Å²) in [6, 6.07) is 18.5. The molecule has 0 aromatic heterocycles. The third kappa shape index (κ3) is 4.43. The van der Waals surface area contributed by atoms with E-state index < -0.39 is 0 Å². The van der Waals surface area contributed by atoms with E-state index in [2.05, 4.69) is 45.1 Å². The second-order valence-electron chi connectivity index (χ2n) is 5.91. The van der Waals surface area contributed by atoms with E-state index in [1.165, 1.54) is 5.56 Å². The van der Waals surface area contributed by atoms with Crippen LogP contribution in [0, 0.1) is 0 Å². The van der Waals surface area contributed by atoms with E-state index in [1.54, 1.807) is 0 Å². The van der Waals surface area contributed by atoms with E-state index >= 15 is 0 Å². The molecule has 0 aliphatic carbocycles. The Balaban J connectivity index is 1.50. The van der Waals surface area contributed by atoms with Crippen LogP contribution in [-0.2, 0) is 17.8 Å². The average molecular weight is 373 g/mol. The van der Waals surface area contributed by atoms with Crippen LogP contribution in [0.15, 0.2) is 59.1 Å². The number of nitrogens with zero attached hydrogens (tertiary/aromatic N) is 2. The number of benzene rings is 2. The third-order valence-corrected chi connectivity index (χ3v) is 5.05. The van der Waals surface area contributed by atoms with Crippen molar-refractivity contribution >= 4 is 21.8 Å². The number of amides is 1. The van der Waals surface area contributed by atoms with Crippen molar-refractivity contribution in [1.29, 1.82) is 0 Å². The molecule has 1 fully saturated rings. The Hall–Kier alpha value is -1.65. The van der Waals surface area contributed by atoms with Crippen LogP contribution in [0.4, 0.5) is 0 Å². The second-order valence-corrected chi connectivity index (χ2v) is 6.77. The molecular formula is C19H21BrN2O. The van der Waals surface area contributed by atoms with Gasteiger partial charge in [0.2, 0.25) is 5.91 Å². The molecule has 0 radical (unpaired) electrons. The van der Waals surface area contributed by atoms with Gasteiger partial charge in [-0.15, -0.1) is 0 Å². The fourth-order valence-electron chi connectivity index (χ4n) is 2.91. The molecule has 3 rings (SSSR count). The molecule has 2 aromatic carbocycles. The average Bonchev–Trinajstić information content (AvgIpc) is 2.58. The van der Waals surface area contributed by atoms with Gasteiger partial charge in [-0.25, -0.2) is 0 Å². The zero-order valence-electron chi connectivity index (χ0n) is 13.1. The van der Waals surface area contributed by atoms with Crippen molar-refractivity contribution in [3.63, 3.8) is 0 Å². The molecular weight excluding hydrogens is 352 g/mol. The van der Waals surface area contributed by atoms with E-state index in [-0.39, 0.29) is 5.91 Å². The van der Waals surface area contributed by atoms with Gasteiger partial charge in [-0.05, 0) is 17.2 Å². The molecule has 0 N–H and O–H groups in total. The van der Waals surface area contributed by atoms with Gasteiger partial charge < -0.3 is 4.90 Å². The molecule has 4 heteroatoms. The highest BCUT2D eigenvalue weighted by atomic mass is 79.9. The molecule has 23 heavy (non-hydrogen) atoms. The molecule has 0 saturated carbocycles. The smallest absolute Gasteiger partial charge is 0.227 e. The topological polar surface area (TPSA) is 23.6 Å². The summed E-state index contributed by atoms with van der Waals surface area (Å²) in [6.07, 6.45) is 0.472. The maximum Gasteiger partial charge on any atom is 0.227 e. The van der Waals surface area contributed by atoms with E-state index in [1.807, 2.05) is 35.2 Å². The molecule has 1 amide bonds. The molecule has 0 atom stereocenters. The molecule has 120 valence electrons. The van der Waals surface area contributed by atoms with Crippen LogP contribution < -0.4 is 0 Å². The maximum atomic E-state index is 12.5. The number of halogens is 1. The normalized spacial score (nSPS) is 15.6. The van der Waals surface area contributed by atoms with Gasteiger partial charge in [-0.3, -0.25) is 9.69 Å². The predicted molar refractivity (Wildman–Crippen MR) is 96.1 cm³/mol. The highest BCUT2D eigenvalue weighted by Gasteiger charge is 2.21. The minimum absolute atomic E-state index is 0.219. The number of hydrogen-bond acceptors (Lipinski definition) is 2. The molecule has 1 aliphatic rings. The Kier molecular flexibility index (Phi) is 5.47. The van der Waals surface area contributed by atoms with E-state index in [9.17, 15) is 4.79 Å². The summed E-state index contributed by atoms with van der Waals surface area (Å²) in [7, 11) is 0. The monoisotopic (exact) mass is 372 g/mol. The first-order valence-electron chi connectivity index (χ1n) is 8.00. The minimum Gasteiger partial charge on any atom is -0.340 e. The van der Waals surface area contributed by atoms with Crippen molar-refractivity contribution in [2.24, 2.45) is 0 Å². The van der Waals surface area contributed by atoms with Gasteiger partial charge in [0.25, 0.3) is 0 Å². The van der Waals surface area contributed by atoms with Gasteiger partial charge >= 0.3 is 0 Å². The van der Waals surface area contributed by atoms with Gasteiger partial charge in [-0.1, -0.05) is 64.5 Å². The number of rotatable bonds is 4. The van der Waals surface area contributed by atoms with E-state index in [0.29, 0.717) is 6.42 Å². The van der Waals surface area contributed by atoms with Crippen molar-refractivity contribution in [3.8, 4) is 0 Å². The van der Waals surface area contributed by atoms with Crippen LogP contribution >= 0.6 is 15.9 Å². The predicted octanol–water partition coefficient (Wildman–Crippen LogP) is 3.34. The highest BCUT2D eigenvalue weighted by Crippen LogP contribution is 2.17. The van der Waals surface area contributed by atoms with Gasteiger partial charge in [0.05, 0.1) is 6.42 Å². The van der Waals surface area contributed by atoms with Crippen molar-refractivity contribution in [3.05, 3.63) is 70.2 Å². The third-order valence-electron chi connectivity index (χ3n) is 4.27. The van der Waals surface area contributed by atoms with Gasteiger partial charge in [0.15, 0.2) is 0 Å². The van der Waals surface area contributed by atoms with Crippen LogP contribution in [0.5, 0.6) is 0 Å². The van der Waals surface area contributed by atoms with Crippen molar-refractivity contribution in [1.82, 2.24) is 9.80 Å². The SMILES string of the molecule is O=C(Cc1ccccc1Br)N1CCN(Cc2ccccc2)CC1.